The fourth-order valence-electron chi connectivity index (χ4n) is 3.91. The van der Waals surface area contributed by atoms with Crippen molar-refractivity contribution in [2.45, 2.75) is 51.5 Å². The van der Waals surface area contributed by atoms with E-state index in [0.717, 1.165) is 32.2 Å². The summed E-state index contributed by atoms with van der Waals surface area (Å²) in [4.78, 5) is 16.5. The predicted molar refractivity (Wildman–Crippen MR) is 80.8 cm³/mol. The van der Waals surface area contributed by atoms with Gasteiger partial charge in [-0.2, -0.15) is 0 Å². The SMILES string of the molecule is CC1CCC(CN(C)CC2CCCN2C)(C(=O)O)CC1. The second-order valence-electron chi connectivity index (χ2n) is 7.24. The summed E-state index contributed by atoms with van der Waals surface area (Å²) in [6, 6.07) is 0.605. The van der Waals surface area contributed by atoms with Gasteiger partial charge in [-0.25, -0.2) is 0 Å². The van der Waals surface area contributed by atoms with Crippen LogP contribution in [0, 0.1) is 11.3 Å². The Hall–Kier alpha value is -0.610. The zero-order valence-electron chi connectivity index (χ0n) is 13.3. The topological polar surface area (TPSA) is 43.8 Å². The number of hydrogen-bond acceptors (Lipinski definition) is 3. The van der Waals surface area contributed by atoms with Gasteiger partial charge in [0.1, 0.15) is 0 Å². The first-order chi connectivity index (χ1) is 9.43. The highest BCUT2D eigenvalue weighted by atomic mass is 16.4. The van der Waals surface area contributed by atoms with Crippen LogP contribution in [-0.2, 0) is 4.79 Å². The lowest BCUT2D eigenvalue weighted by atomic mass is 9.70. The largest absolute Gasteiger partial charge is 0.481 e. The molecule has 1 saturated carbocycles. The molecule has 0 bridgehead atoms. The number of nitrogens with zero attached hydrogens (tertiary/aromatic N) is 2. The third kappa shape index (κ3) is 3.53. The molecule has 0 aromatic carbocycles. The zero-order chi connectivity index (χ0) is 14.8. The van der Waals surface area contributed by atoms with Crippen molar-refractivity contribution in [1.82, 2.24) is 9.80 Å². The number of aliphatic carboxylic acids is 1. The Morgan fingerprint density at radius 2 is 2.00 bits per heavy atom. The van der Waals surface area contributed by atoms with Gasteiger partial charge in [-0.05, 0) is 65.1 Å². The minimum atomic E-state index is -0.587. The smallest absolute Gasteiger partial charge is 0.310 e. The van der Waals surface area contributed by atoms with Gasteiger partial charge in [-0.1, -0.05) is 6.92 Å². The number of hydrogen-bond donors (Lipinski definition) is 1. The van der Waals surface area contributed by atoms with Crippen molar-refractivity contribution in [2.75, 3.05) is 33.7 Å². The van der Waals surface area contributed by atoms with Gasteiger partial charge < -0.3 is 14.9 Å². The molecule has 4 nitrogen and oxygen atoms in total. The molecule has 0 amide bonds. The average Bonchev–Trinajstić information content (AvgIpc) is 2.78. The first-order valence-corrected chi connectivity index (χ1v) is 8.05. The molecule has 1 heterocycles. The van der Waals surface area contributed by atoms with Gasteiger partial charge in [0, 0.05) is 19.1 Å². The van der Waals surface area contributed by atoms with Crippen molar-refractivity contribution in [2.24, 2.45) is 11.3 Å². The molecule has 2 aliphatic rings. The van der Waals surface area contributed by atoms with Gasteiger partial charge in [0.25, 0.3) is 0 Å². The molecule has 1 unspecified atom stereocenters. The molecule has 0 aromatic heterocycles. The van der Waals surface area contributed by atoms with E-state index in [-0.39, 0.29) is 0 Å². The lowest BCUT2D eigenvalue weighted by Gasteiger charge is -2.39. The van der Waals surface area contributed by atoms with Crippen LogP contribution < -0.4 is 0 Å². The quantitative estimate of drug-likeness (QED) is 0.840. The first-order valence-electron chi connectivity index (χ1n) is 8.05. The summed E-state index contributed by atoms with van der Waals surface area (Å²) in [7, 11) is 4.27. The van der Waals surface area contributed by atoms with Crippen LogP contribution in [0.25, 0.3) is 0 Å². The summed E-state index contributed by atoms with van der Waals surface area (Å²) in [6.45, 7) is 5.13. The van der Waals surface area contributed by atoms with E-state index in [9.17, 15) is 9.90 Å². The number of rotatable bonds is 5. The summed E-state index contributed by atoms with van der Waals surface area (Å²) in [5, 5.41) is 9.70. The normalized spacial score (nSPS) is 35.6. The molecule has 1 N–H and O–H groups in total. The third-order valence-electron chi connectivity index (χ3n) is 5.45. The van der Waals surface area contributed by atoms with Crippen molar-refractivity contribution < 1.29 is 9.90 Å². The minimum absolute atomic E-state index is 0.502. The Labute approximate surface area is 123 Å². The molecule has 116 valence electrons. The predicted octanol–water partition coefficient (Wildman–Crippen LogP) is 2.29. The Balaban J connectivity index is 1.92. The van der Waals surface area contributed by atoms with Crippen LogP contribution in [0.2, 0.25) is 0 Å². The van der Waals surface area contributed by atoms with Crippen molar-refractivity contribution in [3.63, 3.8) is 0 Å². The second kappa shape index (κ2) is 6.44. The molecule has 4 heteroatoms. The molecular weight excluding hydrogens is 252 g/mol. The summed E-state index contributed by atoms with van der Waals surface area (Å²) in [5.74, 6) is 0.102. The maximum atomic E-state index is 11.8. The first kappa shape index (κ1) is 15.8. The van der Waals surface area contributed by atoms with Crippen LogP contribution in [0.1, 0.15) is 45.4 Å². The van der Waals surface area contributed by atoms with E-state index in [4.69, 9.17) is 0 Å². The second-order valence-corrected chi connectivity index (χ2v) is 7.24. The number of carboxylic acid groups (broad SMARTS) is 1. The van der Waals surface area contributed by atoms with Crippen LogP contribution in [0.3, 0.4) is 0 Å². The van der Waals surface area contributed by atoms with E-state index in [1.54, 1.807) is 0 Å². The number of carbonyl (C=O) groups is 1. The van der Waals surface area contributed by atoms with Crippen LogP contribution in [0.15, 0.2) is 0 Å². The monoisotopic (exact) mass is 282 g/mol. The van der Waals surface area contributed by atoms with Crippen molar-refractivity contribution in [1.29, 1.82) is 0 Å². The summed E-state index contributed by atoms with van der Waals surface area (Å²) >= 11 is 0. The van der Waals surface area contributed by atoms with Gasteiger partial charge in [0.05, 0.1) is 5.41 Å². The van der Waals surface area contributed by atoms with Crippen LogP contribution in [0.5, 0.6) is 0 Å². The fraction of sp³-hybridized carbons (Fsp3) is 0.938. The summed E-state index contributed by atoms with van der Waals surface area (Å²) in [5.41, 5.74) is -0.502. The van der Waals surface area contributed by atoms with E-state index < -0.39 is 11.4 Å². The minimum Gasteiger partial charge on any atom is -0.481 e. The maximum absolute atomic E-state index is 11.8. The van der Waals surface area contributed by atoms with Crippen molar-refractivity contribution in [3.05, 3.63) is 0 Å². The number of carboxylic acids is 1. The van der Waals surface area contributed by atoms with Gasteiger partial charge in [0.2, 0.25) is 0 Å². The molecule has 1 aliphatic carbocycles. The molecule has 2 rings (SSSR count). The highest BCUT2D eigenvalue weighted by Gasteiger charge is 2.42. The van der Waals surface area contributed by atoms with Crippen LogP contribution in [0.4, 0.5) is 0 Å². The summed E-state index contributed by atoms with van der Waals surface area (Å²) in [6.07, 6.45) is 6.32. The highest BCUT2D eigenvalue weighted by molar-refractivity contribution is 5.75. The molecular formula is C16H30N2O2. The van der Waals surface area contributed by atoms with Crippen LogP contribution in [-0.4, -0.2) is 60.6 Å². The van der Waals surface area contributed by atoms with E-state index in [1.165, 1.54) is 19.4 Å². The Bertz CT molecular complexity index is 337. The molecule has 0 spiro atoms. The Morgan fingerprint density at radius 1 is 1.35 bits per heavy atom. The van der Waals surface area contributed by atoms with Crippen LogP contribution >= 0.6 is 0 Å². The molecule has 20 heavy (non-hydrogen) atoms. The van der Waals surface area contributed by atoms with E-state index in [1.807, 2.05) is 0 Å². The maximum Gasteiger partial charge on any atom is 0.310 e. The molecule has 1 atom stereocenters. The zero-order valence-corrected chi connectivity index (χ0v) is 13.3. The molecule has 1 saturated heterocycles. The third-order valence-corrected chi connectivity index (χ3v) is 5.45. The summed E-state index contributed by atoms with van der Waals surface area (Å²) < 4.78 is 0. The molecule has 1 aliphatic heterocycles. The van der Waals surface area contributed by atoms with Crippen molar-refractivity contribution in [3.8, 4) is 0 Å². The van der Waals surface area contributed by atoms with E-state index >= 15 is 0 Å². The van der Waals surface area contributed by atoms with Gasteiger partial charge in [-0.15, -0.1) is 0 Å². The Morgan fingerprint density at radius 3 is 2.50 bits per heavy atom. The molecule has 2 fully saturated rings. The highest BCUT2D eigenvalue weighted by Crippen LogP contribution is 2.39. The standard InChI is InChI=1S/C16H30N2O2/c1-13-6-8-16(9-7-13,15(19)20)12-17(2)11-14-5-4-10-18(14)3/h13-14H,4-12H2,1-3H3,(H,19,20). The number of likely N-dealkylation sites (tertiary alicyclic amines) is 1. The van der Waals surface area contributed by atoms with Crippen molar-refractivity contribution >= 4 is 5.97 Å². The van der Waals surface area contributed by atoms with Gasteiger partial charge >= 0.3 is 5.97 Å². The molecule has 0 aromatic rings. The lowest BCUT2D eigenvalue weighted by molar-refractivity contribution is -0.153. The number of likely N-dealkylation sites (N-methyl/N-ethyl adjacent to an activating group) is 2. The average molecular weight is 282 g/mol. The molecule has 0 radical (unpaired) electrons. The van der Waals surface area contributed by atoms with E-state index in [2.05, 4.69) is 30.8 Å². The fourth-order valence-corrected chi connectivity index (χ4v) is 3.91. The van der Waals surface area contributed by atoms with E-state index in [0.29, 0.717) is 18.5 Å². The van der Waals surface area contributed by atoms with Gasteiger partial charge in [0.15, 0.2) is 0 Å². The Kier molecular flexibility index (Phi) is 5.08. The van der Waals surface area contributed by atoms with Gasteiger partial charge in [-0.3, -0.25) is 4.79 Å². The lowest BCUT2D eigenvalue weighted by Crippen LogP contribution is -2.47.